The Morgan fingerprint density at radius 3 is 2.61 bits per heavy atom. The van der Waals surface area contributed by atoms with E-state index in [1.807, 2.05) is 57.2 Å². The fourth-order valence-electron chi connectivity index (χ4n) is 7.09. The molecule has 3 heterocycles. The van der Waals surface area contributed by atoms with Crippen LogP contribution in [0.25, 0.3) is 22.2 Å². The van der Waals surface area contributed by atoms with E-state index in [0.29, 0.717) is 44.5 Å². The number of carboxylic acids is 1. The van der Waals surface area contributed by atoms with E-state index in [2.05, 4.69) is 27.9 Å². The minimum absolute atomic E-state index is 0.138. The topological polar surface area (TPSA) is 115 Å². The number of aryl methyl sites for hydroxylation is 1. The molecule has 260 valence electrons. The van der Waals surface area contributed by atoms with Crippen LogP contribution >= 0.6 is 0 Å². The summed E-state index contributed by atoms with van der Waals surface area (Å²) in [6, 6.07) is 15.2. The molecule has 0 saturated heterocycles. The second-order valence-electron chi connectivity index (χ2n) is 14.3. The Balaban J connectivity index is 1.41. The number of nitrogens with zero attached hydrogens (tertiary/aromatic N) is 3. The van der Waals surface area contributed by atoms with Gasteiger partial charge in [0.1, 0.15) is 30.3 Å². The highest BCUT2D eigenvalue weighted by Crippen LogP contribution is 2.49. The summed E-state index contributed by atoms with van der Waals surface area (Å²) in [7, 11) is 1.73. The standard InChI is InChI=1S/C39H48N4O6/c1-25-19-30(47-23-28-13-9-10-16-40-28)21-33-34(25)36-35(26-11-7-6-8-12-26)31-15-14-27(37(44)45)20-32(31)43(36)22-29(24-48-33)41-17-18-42(5)38(46)49-39(2,3)4/h9-10,13-16,19-21,26,29,41H,6-8,11-12,17-18,22-24H2,1-5H3,(H,44,45)/t29-/m1/s1. The van der Waals surface area contributed by atoms with E-state index in [1.165, 1.54) is 24.8 Å². The number of aromatic nitrogens is 2. The highest BCUT2D eigenvalue weighted by Gasteiger charge is 2.32. The lowest BCUT2D eigenvalue weighted by Crippen LogP contribution is -2.44. The molecular weight excluding hydrogens is 620 g/mol. The average Bonchev–Trinajstić information content (AvgIpc) is 3.37. The molecule has 2 aromatic heterocycles. The second-order valence-corrected chi connectivity index (χ2v) is 14.3. The number of benzene rings is 2. The number of nitrogens with one attached hydrogen (secondary N) is 1. The predicted molar refractivity (Wildman–Crippen MR) is 190 cm³/mol. The molecule has 1 aliphatic carbocycles. The van der Waals surface area contributed by atoms with Crippen molar-refractivity contribution < 1.29 is 28.9 Å². The SMILES string of the molecule is Cc1cc(OCc2ccccn2)cc2c1-c1c(C3CCCCC3)c3ccc(C(=O)O)cc3n1C[C@@H](NCCN(C)C(=O)OC(C)(C)C)CO2. The number of amides is 1. The molecule has 49 heavy (non-hydrogen) atoms. The lowest BCUT2D eigenvalue weighted by molar-refractivity contribution is 0.0298. The van der Waals surface area contributed by atoms with Crippen LogP contribution in [-0.2, 0) is 17.9 Å². The van der Waals surface area contributed by atoms with E-state index < -0.39 is 11.6 Å². The summed E-state index contributed by atoms with van der Waals surface area (Å²) >= 11 is 0. The molecule has 1 aliphatic heterocycles. The first kappa shape index (κ1) is 34.3. The summed E-state index contributed by atoms with van der Waals surface area (Å²) < 4.78 is 20.8. The molecule has 0 spiro atoms. The summed E-state index contributed by atoms with van der Waals surface area (Å²) in [5.41, 5.74) is 5.84. The molecular formula is C39H48N4O6. The zero-order chi connectivity index (χ0) is 34.7. The number of aromatic carboxylic acids is 1. The van der Waals surface area contributed by atoms with Gasteiger partial charge in [-0.3, -0.25) is 4.98 Å². The number of likely N-dealkylation sites (N-methyl/N-ethyl adjacent to an activating group) is 1. The van der Waals surface area contributed by atoms with Crippen molar-refractivity contribution in [3.05, 3.63) is 77.1 Å². The summed E-state index contributed by atoms with van der Waals surface area (Å²) in [4.78, 5) is 30.8. The van der Waals surface area contributed by atoms with Crippen molar-refractivity contribution in [1.29, 1.82) is 0 Å². The Morgan fingerprint density at radius 1 is 1.10 bits per heavy atom. The van der Waals surface area contributed by atoms with Crippen LogP contribution in [0.2, 0.25) is 0 Å². The van der Waals surface area contributed by atoms with E-state index in [-0.39, 0.29) is 17.7 Å². The molecule has 2 aliphatic rings. The Bertz CT molecular complexity index is 1810. The predicted octanol–water partition coefficient (Wildman–Crippen LogP) is 7.55. The maximum atomic E-state index is 12.6. The lowest BCUT2D eigenvalue weighted by Gasteiger charge is -2.30. The molecule has 0 radical (unpaired) electrons. The molecule has 1 atom stereocenters. The number of hydrogen-bond donors (Lipinski definition) is 2. The van der Waals surface area contributed by atoms with Gasteiger partial charge < -0.3 is 34.1 Å². The highest BCUT2D eigenvalue weighted by molar-refractivity contribution is 5.99. The first-order valence-electron chi connectivity index (χ1n) is 17.4. The number of rotatable bonds is 9. The van der Waals surface area contributed by atoms with Gasteiger partial charge in [0, 0.05) is 55.4 Å². The third kappa shape index (κ3) is 7.85. The summed E-state index contributed by atoms with van der Waals surface area (Å²) in [5.74, 6) is 0.828. The average molecular weight is 669 g/mol. The van der Waals surface area contributed by atoms with Gasteiger partial charge >= 0.3 is 12.1 Å². The molecule has 2 aromatic carbocycles. The van der Waals surface area contributed by atoms with Crippen molar-refractivity contribution in [2.75, 3.05) is 26.7 Å². The van der Waals surface area contributed by atoms with E-state index in [0.717, 1.165) is 52.0 Å². The van der Waals surface area contributed by atoms with Gasteiger partial charge in [0.25, 0.3) is 0 Å². The van der Waals surface area contributed by atoms with Gasteiger partial charge in [-0.05, 0) is 87.9 Å². The van der Waals surface area contributed by atoms with Gasteiger partial charge in [-0.25, -0.2) is 9.59 Å². The molecule has 6 rings (SSSR count). The molecule has 10 nitrogen and oxygen atoms in total. The van der Waals surface area contributed by atoms with Crippen molar-refractivity contribution in [2.45, 2.75) is 90.5 Å². The van der Waals surface area contributed by atoms with Crippen molar-refractivity contribution in [3.63, 3.8) is 0 Å². The monoisotopic (exact) mass is 668 g/mol. The van der Waals surface area contributed by atoms with Gasteiger partial charge in [-0.1, -0.05) is 31.4 Å². The van der Waals surface area contributed by atoms with Crippen LogP contribution in [0, 0.1) is 6.92 Å². The van der Waals surface area contributed by atoms with E-state index in [1.54, 1.807) is 24.2 Å². The van der Waals surface area contributed by atoms with Crippen LogP contribution in [0.3, 0.4) is 0 Å². The number of carbonyl (C=O) groups is 2. The molecule has 10 heteroatoms. The minimum Gasteiger partial charge on any atom is -0.491 e. The molecule has 2 N–H and O–H groups in total. The number of carbonyl (C=O) groups excluding carboxylic acids is 1. The molecule has 1 saturated carbocycles. The number of carboxylic acid groups (broad SMARTS) is 1. The van der Waals surface area contributed by atoms with Crippen molar-refractivity contribution in [2.24, 2.45) is 0 Å². The fourth-order valence-corrected chi connectivity index (χ4v) is 7.09. The van der Waals surface area contributed by atoms with Crippen LogP contribution < -0.4 is 14.8 Å². The van der Waals surface area contributed by atoms with Crippen molar-refractivity contribution in [1.82, 2.24) is 19.8 Å². The molecule has 0 bridgehead atoms. The van der Waals surface area contributed by atoms with Crippen molar-refractivity contribution in [3.8, 4) is 22.8 Å². The highest BCUT2D eigenvalue weighted by atomic mass is 16.6. The number of hydrogen-bond acceptors (Lipinski definition) is 7. The van der Waals surface area contributed by atoms with Gasteiger partial charge in [0.2, 0.25) is 0 Å². The first-order valence-corrected chi connectivity index (χ1v) is 17.4. The van der Waals surface area contributed by atoms with Crippen LogP contribution in [0.5, 0.6) is 11.5 Å². The summed E-state index contributed by atoms with van der Waals surface area (Å²) in [6.07, 6.45) is 7.13. The quantitative estimate of drug-likeness (QED) is 0.188. The number of ether oxygens (including phenoxy) is 3. The largest absolute Gasteiger partial charge is 0.491 e. The summed E-state index contributed by atoms with van der Waals surface area (Å²) in [5, 5.41) is 14.7. The molecule has 1 amide bonds. The molecule has 4 aromatic rings. The maximum absolute atomic E-state index is 12.6. The fraction of sp³-hybridized carbons (Fsp3) is 0.462. The zero-order valence-electron chi connectivity index (χ0n) is 29.3. The third-order valence-electron chi connectivity index (χ3n) is 9.42. The Hall–Kier alpha value is -4.57. The first-order chi connectivity index (χ1) is 23.5. The molecule has 1 fully saturated rings. The van der Waals surface area contributed by atoms with Crippen LogP contribution in [0.15, 0.2) is 54.7 Å². The minimum atomic E-state index is -0.947. The van der Waals surface area contributed by atoms with Crippen LogP contribution in [0.4, 0.5) is 4.79 Å². The normalized spacial score (nSPS) is 16.6. The number of fused-ring (bicyclic) bond motifs is 5. The van der Waals surface area contributed by atoms with E-state index in [4.69, 9.17) is 14.2 Å². The van der Waals surface area contributed by atoms with Crippen molar-refractivity contribution >= 4 is 23.0 Å². The third-order valence-corrected chi connectivity index (χ3v) is 9.42. The van der Waals surface area contributed by atoms with Gasteiger partial charge in [0.05, 0.1) is 23.0 Å². The molecule has 0 unspecified atom stereocenters. The maximum Gasteiger partial charge on any atom is 0.410 e. The van der Waals surface area contributed by atoms with Crippen LogP contribution in [-0.4, -0.2) is 70.0 Å². The zero-order valence-corrected chi connectivity index (χ0v) is 29.3. The lowest BCUT2D eigenvalue weighted by atomic mass is 9.81. The smallest absolute Gasteiger partial charge is 0.410 e. The van der Waals surface area contributed by atoms with Gasteiger partial charge in [-0.15, -0.1) is 0 Å². The van der Waals surface area contributed by atoms with E-state index in [9.17, 15) is 14.7 Å². The Labute approximate surface area is 288 Å². The Kier molecular flexibility index (Phi) is 10.2. The summed E-state index contributed by atoms with van der Waals surface area (Å²) in [6.45, 7) is 9.89. The van der Waals surface area contributed by atoms with Crippen LogP contribution in [0.1, 0.15) is 86.0 Å². The second kappa shape index (κ2) is 14.5. The van der Waals surface area contributed by atoms with Gasteiger partial charge in [0.15, 0.2) is 0 Å². The Morgan fingerprint density at radius 2 is 1.90 bits per heavy atom. The number of pyridine rings is 1. The van der Waals surface area contributed by atoms with E-state index >= 15 is 0 Å². The van der Waals surface area contributed by atoms with Gasteiger partial charge in [-0.2, -0.15) is 0 Å².